The Labute approximate surface area is 124 Å². The average Bonchev–Trinajstić information content (AvgIpc) is 2.84. The van der Waals surface area contributed by atoms with Crippen molar-refractivity contribution in [3.63, 3.8) is 0 Å². The van der Waals surface area contributed by atoms with Gasteiger partial charge in [-0.3, -0.25) is 5.10 Å². The Hall–Kier alpha value is -1.77. The van der Waals surface area contributed by atoms with Crippen molar-refractivity contribution >= 4 is 10.0 Å². The second-order valence-electron chi connectivity index (χ2n) is 4.90. The van der Waals surface area contributed by atoms with Crippen molar-refractivity contribution in [2.45, 2.75) is 31.8 Å². The minimum Gasteiger partial charge on any atom is -0.326 e. The van der Waals surface area contributed by atoms with E-state index in [1.54, 1.807) is 26.0 Å². The maximum atomic E-state index is 12.7. The fraction of sp³-hybridized carbons (Fsp3) is 0.385. The Kier molecular flexibility index (Phi) is 4.40. The van der Waals surface area contributed by atoms with Gasteiger partial charge in [-0.2, -0.15) is 9.40 Å². The standard InChI is InChI=1S/C13H19N5O2S/c1-9-4-5-11(7-14)6-12(9)21(19,20)18(3)8-13-15-10(2)16-17-13/h4-6H,7-8,14H2,1-3H3,(H,15,16,17). The number of H-pyrrole nitrogens is 1. The highest BCUT2D eigenvalue weighted by molar-refractivity contribution is 7.89. The lowest BCUT2D eigenvalue weighted by Crippen LogP contribution is -2.27. The minimum absolute atomic E-state index is 0.110. The molecule has 0 spiro atoms. The number of sulfonamides is 1. The van der Waals surface area contributed by atoms with Crippen LogP contribution in [-0.2, 0) is 23.1 Å². The van der Waals surface area contributed by atoms with Gasteiger partial charge in [-0.05, 0) is 31.0 Å². The number of aromatic amines is 1. The number of nitrogens with two attached hydrogens (primary N) is 1. The summed E-state index contributed by atoms with van der Waals surface area (Å²) in [4.78, 5) is 4.39. The van der Waals surface area contributed by atoms with E-state index in [0.717, 1.165) is 5.56 Å². The van der Waals surface area contributed by atoms with Gasteiger partial charge in [0.15, 0.2) is 5.82 Å². The summed E-state index contributed by atoms with van der Waals surface area (Å²) in [6.07, 6.45) is 0. The molecule has 0 saturated carbocycles. The van der Waals surface area contributed by atoms with Crippen LogP contribution in [0.4, 0.5) is 0 Å². The molecule has 0 aliphatic heterocycles. The van der Waals surface area contributed by atoms with E-state index in [1.807, 2.05) is 6.07 Å². The molecule has 1 aromatic heterocycles. The van der Waals surface area contributed by atoms with Crippen molar-refractivity contribution in [3.8, 4) is 0 Å². The minimum atomic E-state index is -3.61. The molecule has 0 amide bonds. The average molecular weight is 309 g/mol. The molecule has 2 rings (SSSR count). The van der Waals surface area contributed by atoms with E-state index in [1.165, 1.54) is 11.4 Å². The van der Waals surface area contributed by atoms with Crippen LogP contribution in [0.2, 0.25) is 0 Å². The van der Waals surface area contributed by atoms with Crippen molar-refractivity contribution in [1.82, 2.24) is 19.5 Å². The van der Waals surface area contributed by atoms with Gasteiger partial charge in [0, 0.05) is 13.6 Å². The van der Waals surface area contributed by atoms with E-state index < -0.39 is 10.0 Å². The molecule has 0 atom stereocenters. The van der Waals surface area contributed by atoms with Gasteiger partial charge in [-0.15, -0.1) is 0 Å². The van der Waals surface area contributed by atoms with E-state index in [-0.39, 0.29) is 11.4 Å². The summed E-state index contributed by atoms with van der Waals surface area (Å²) in [5.74, 6) is 1.09. The van der Waals surface area contributed by atoms with Gasteiger partial charge in [0.2, 0.25) is 10.0 Å². The Morgan fingerprint density at radius 2 is 2.05 bits per heavy atom. The highest BCUT2D eigenvalue weighted by Crippen LogP contribution is 2.21. The molecule has 1 aromatic carbocycles. The number of benzene rings is 1. The normalized spacial score (nSPS) is 12.0. The predicted octanol–water partition coefficient (Wildman–Crippen LogP) is 0.701. The summed E-state index contributed by atoms with van der Waals surface area (Å²) in [5.41, 5.74) is 7.05. The summed E-state index contributed by atoms with van der Waals surface area (Å²) >= 11 is 0. The molecular weight excluding hydrogens is 290 g/mol. The number of aromatic nitrogens is 3. The third-order valence-corrected chi connectivity index (χ3v) is 5.13. The molecule has 0 bridgehead atoms. The van der Waals surface area contributed by atoms with Gasteiger partial charge in [-0.25, -0.2) is 13.4 Å². The van der Waals surface area contributed by atoms with Crippen molar-refractivity contribution in [3.05, 3.63) is 41.0 Å². The monoisotopic (exact) mass is 309 g/mol. The molecular formula is C13H19N5O2S. The molecule has 21 heavy (non-hydrogen) atoms. The SMILES string of the molecule is Cc1nc(CN(C)S(=O)(=O)c2cc(CN)ccc2C)n[nH]1. The molecule has 3 N–H and O–H groups in total. The third kappa shape index (κ3) is 3.29. The molecule has 2 aromatic rings. The van der Waals surface area contributed by atoms with Crippen LogP contribution >= 0.6 is 0 Å². The Morgan fingerprint density at radius 1 is 1.33 bits per heavy atom. The summed E-state index contributed by atoms with van der Waals surface area (Å²) in [5, 5.41) is 6.65. The van der Waals surface area contributed by atoms with E-state index in [9.17, 15) is 8.42 Å². The second-order valence-corrected chi connectivity index (χ2v) is 6.92. The molecule has 0 aliphatic carbocycles. The number of hydrogen-bond acceptors (Lipinski definition) is 5. The Morgan fingerprint density at radius 3 is 2.62 bits per heavy atom. The summed E-state index contributed by atoms with van der Waals surface area (Å²) in [6, 6.07) is 5.21. The highest BCUT2D eigenvalue weighted by atomic mass is 32.2. The summed E-state index contributed by atoms with van der Waals surface area (Å²) in [7, 11) is -2.10. The van der Waals surface area contributed by atoms with Crippen LogP contribution in [0.25, 0.3) is 0 Å². The zero-order valence-electron chi connectivity index (χ0n) is 12.3. The van der Waals surface area contributed by atoms with E-state index >= 15 is 0 Å². The second kappa shape index (κ2) is 5.92. The van der Waals surface area contributed by atoms with Crippen LogP contribution in [-0.4, -0.2) is 35.0 Å². The number of aryl methyl sites for hydroxylation is 2. The summed E-state index contributed by atoms with van der Waals surface area (Å²) < 4.78 is 26.5. The fourth-order valence-electron chi connectivity index (χ4n) is 1.96. The van der Waals surface area contributed by atoms with Crippen molar-refractivity contribution < 1.29 is 8.42 Å². The van der Waals surface area contributed by atoms with Gasteiger partial charge < -0.3 is 5.73 Å². The predicted molar refractivity (Wildman–Crippen MR) is 78.8 cm³/mol. The van der Waals surface area contributed by atoms with Crippen LogP contribution in [0.3, 0.4) is 0 Å². The molecule has 8 heteroatoms. The molecule has 0 radical (unpaired) electrons. The number of nitrogens with one attached hydrogen (secondary N) is 1. The zero-order valence-corrected chi connectivity index (χ0v) is 13.1. The molecule has 1 heterocycles. The van der Waals surface area contributed by atoms with Crippen LogP contribution in [0, 0.1) is 13.8 Å². The van der Waals surface area contributed by atoms with Crippen LogP contribution < -0.4 is 5.73 Å². The largest absolute Gasteiger partial charge is 0.326 e. The van der Waals surface area contributed by atoms with Crippen molar-refractivity contribution in [2.75, 3.05) is 7.05 Å². The van der Waals surface area contributed by atoms with E-state index in [4.69, 9.17) is 5.73 Å². The maximum absolute atomic E-state index is 12.7. The van der Waals surface area contributed by atoms with Crippen LogP contribution in [0.1, 0.15) is 22.8 Å². The first-order valence-electron chi connectivity index (χ1n) is 6.48. The van der Waals surface area contributed by atoms with Crippen molar-refractivity contribution in [1.29, 1.82) is 0 Å². The van der Waals surface area contributed by atoms with Gasteiger partial charge >= 0.3 is 0 Å². The summed E-state index contributed by atoms with van der Waals surface area (Å²) in [6.45, 7) is 3.93. The lowest BCUT2D eigenvalue weighted by molar-refractivity contribution is 0.456. The first-order chi connectivity index (χ1) is 9.84. The number of nitrogens with zero attached hydrogens (tertiary/aromatic N) is 3. The zero-order chi connectivity index (χ0) is 15.6. The number of hydrogen-bond donors (Lipinski definition) is 2. The van der Waals surface area contributed by atoms with Gasteiger partial charge in [0.1, 0.15) is 5.82 Å². The first kappa shape index (κ1) is 15.6. The number of rotatable bonds is 5. The Bertz CT molecular complexity index is 739. The maximum Gasteiger partial charge on any atom is 0.243 e. The first-order valence-corrected chi connectivity index (χ1v) is 7.92. The van der Waals surface area contributed by atoms with Crippen molar-refractivity contribution in [2.24, 2.45) is 5.73 Å². The molecule has 7 nitrogen and oxygen atoms in total. The lowest BCUT2D eigenvalue weighted by atomic mass is 10.1. The molecule has 0 fully saturated rings. The van der Waals surface area contributed by atoms with Gasteiger partial charge in [0.25, 0.3) is 0 Å². The van der Waals surface area contributed by atoms with E-state index in [2.05, 4.69) is 15.2 Å². The van der Waals surface area contributed by atoms with E-state index in [0.29, 0.717) is 23.8 Å². The van der Waals surface area contributed by atoms with Gasteiger partial charge in [0.05, 0.1) is 11.4 Å². The highest BCUT2D eigenvalue weighted by Gasteiger charge is 2.24. The topological polar surface area (TPSA) is 105 Å². The lowest BCUT2D eigenvalue weighted by Gasteiger charge is -2.17. The quantitative estimate of drug-likeness (QED) is 0.846. The van der Waals surface area contributed by atoms with Crippen LogP contribution in [0.15, 0.2) is 23.1 Å². The molecule has 0 saturated heterocycles. The Balaban J connectivity index is 2.32. The third-order valence-electron chi connectivity index (χ3n) is 3.18. The van der Waals surface area contributed by atoms with Crippen LogP contribution in [0.5, 0.6) is 0 Å². The molecule has 114 valence electrons. The molecule has 0 unspecified atom stereocenters. The molecule has 0 aliphatic rings. The van der Waals surface area contributed by atoms with Gasteiger partial charge in [-0.1, -0.05) is 12.1 Å². The fourth-order valence-corrected chi connectivity index (χ4v) is 3.36. The smallest absolute Gasteiger partial charge is 0.243 e.